The molecule has 4 heterocycles. The van der Waals surface area contributed by atoms with Crippen LogP contribution < -0.4 is 10.6 Å². The first kappa shape index (κ1) is 17.9. The summed E-state index contributed by atoms with van der Waals surface area (Å²) in [5.74, 6) is 1.63. The zero-order valence-corrected chi connectivity index (χ0v) is 16.5. The number of aromatic nitrogens is 4. The molecule has 1 aliphatic heterocycles. The van der Waals surface area contributed by atoms with E-state index < -0.39 is 0 Å². The van der Waals surface area contributed by atoms with Crippen molar-refractivity contribution in [3.8, 4) is 0 Å². The van der Waals surface area contributed by atoms with Gasteiger partial charge in [0.2, 0.25) is 5.95 Å². The van der Waals surface area contributed by atoms with Gasteiger partial charge in [-0.1, -0.05) is 6.07 Å². The molecule has 1 saturated carbocycles. The third-order valence-corrected chi connectivity index (χ3v) is 5.94. The third kappa shape index (κ3) is 3.50. The zero-order chi connectivity index (χ0) is 19.8. The highest BCUT2D eigenvalue weighted by molar-refractivity contribution is 5.98. The summed E-state index contributed by atoms with van der Waals surface area (Å²) < 4.78 is 2.01. The summed E-state index contributed by atoms with van der Waals surface area (Å²) in [6, 6.07) is 8.64. The number of carbonyl (C=O) groups is 1. The molecule has 0 spiro atoms. The first-order chi connectivity index (χ1) is 14.2. The van der Waals surface area contributed by atoms with Gasteiger partial charge in [-0.15, -0.1) is 0 Å². The Morgan fingerprint density at radius 3 is 2.59 bits per heavy atom. The van der Waals surface area contributed by atoms with Crippen LogP contribution in [0.4, 0.5) is 11.8 Å². The van der Waals surface area contributed by atoms with Crippen LogP contribution in [-0.2, 0) is 6.54 Å². The van der Waals surface area contributed by atoms with Crippen LogP contribution in [0.25, 0.3) is 11.0 Å². The number of anilines is 2. The second kappa shape index (κ2) is 7.35. The lowest BCUT2D eigenvalue weighted by molar-refractivity contribution is 0.0751. The predicted octanol–water partition coefficient (Wildman–Crippen LogP) is 2.75. The van der Waals surface area contributed by atoms with Gasteiger partial charge < -0.3 is 20.1 Å². The van der Waals surface area contributed by atoms with Gasteiger partial charge in [0, 0.05) is 50.0 Å². The zero-order valence-electron chi connectivity index (χ0n) is 16.5. The summed E-state index contributed by atoms with van der Waals surface area (Å²) in [4.78, 5) is 27.7. The molecule has 0 radical (unpaired) electrons. The van der Waals surface area contributed by atoms with Crippen LogP contribution in [0.5, 0.6) is 0 Å². The van der Waals surface area contributed by atoms with Crippen LogP contribution in [0.1, 0.15) is 36.2 Å². The number of hydrogen-bond donors (Lipinski definition) is 2. The molecule has 0 unspecified atom stereocenters. The van der Waals surface area contributed by atoms with Crippen LogP contribution in [0.15, 0.2) is 36.7 Å². The van der Waals surface area contributed by atoms with Crippen molar-refractivity contribution in [2.45, 2.75) is 44.3 Å². The fourth-order valence-corrected chi connectivity index (χ4v) is 4.28. The van der Waals surface area contributed by atoms with Crippen molar-refractivity contribution in [2.24, 2.45) is 0 Å². The quantitative estimate of drug-likeness (QED) is 0.711. The average Bonchev–Trinajstić information content (AvgIpc) is 3.12. The topological polar surface area (TPSA) is 88.0 Å². The van der Waals surface area contributed by atoms with Crippen molar-refractivity contribution in [3.05, 3.63) is 42.4 Å². The average molecular weight is 391 g/mol. The molecule has 29 heavy (non-hydrogen) atoms. The van der Waals surface area contributed by atoms with Gasteiger partial charge in [-0.05, 0) is 43.9 Å². The van der Waals surface area contributed by atoms with Gasteiger partial charge in [0.25, 0.3) is 5.91 Å². The number of carbonyl (C=O) groups excluding carboxylic acids is 1. The lowest BCUT2D eigenvalue weighted by Gasteiger charge is -2.30. The molecular formula is C21H25N7O. The molecule has 1 aliphatic carbocycles. The van der Waals surface area contributed by atoms with Gasteiger partial charge in [0.1, 0.15) is 17.2 Å². The van der Waals surface area contributed by atoms with Gasteiger partial charge in [0.15, 0.2) is 0 Å². The number of hydrogen-bond acceptors (Lipinski definition) is 6. The Hall–Kier alpha value is -3.16. The molecule has 0 bridgehead atoms. The fourth-order valence-electron chi connectivity index (χ4n) is 4.28. The summed E-state index contributed by atoms with van der Waals surface area (Å²) in [6.07, 6.45) is 7.91. The van der Waals surface area contributed by atoms with E-state index in [0.29, 0.717) is 30.3 Å². The van der Waals surface area contributed by atoms with Gasteiger partial charge in [-0.25, -0.2) is 9.97 Å². The van der Waals surface area contributed by atoms with E-state index in [0.717, 1.165) is 49.1 Å². The second-order valence-electron chi connectivity index (χ2n) is 7.93. The minimum Gasteiger partial charge on any atom is -0.367 e. The van der Waals surface area contributed by atoms with Crippen LogP contribution in [0.2, 0.25) is 0 Å². The molecule has 0 saturated heterocycles. The van der Waals surface area contributed by atoms with Crippen molar-refractivity contribution in [2.75, 3.05) is 24.2 Å². The Morgan fingerprint density at radius 2 is 1.83 bits per heavy atom. The molecular weight excluding hydrogens is 366 g/mol. The van der Waals surface area contributed by atoms with Crippen molar-refractivity contribution in [3.63, 3.8) is 0 Å². The van der Waals surface area contributed by atoms with E-state index in [-0.39, 0.29) is 5.91 Å². The largest absolute Gasteiger partial charge is 0.367 e. The first-order valence-corrected chi connectivity index (χ1v) is 10.2. The van der Waals surface area contributed by atoms with Crippen molar-refractivity contribution in [1.29, 1.82) is 0 Å². The Labute approximate surface area is 169 Å². The Morgan fingerprint density at radius 1 is 1.03 bits per heavy atom. The summed E-state index contributed by atoms with van der Waals surface area (Å²) in [7, 11) is 1.83. The van der Waals surface area contributed by atoms with Crippen LogP contribution in [0, 0.1) is 0 Å². The van der Waals surface area contributed by atoms with Gasteiger partial charge in [-0.2, -0.15) is 4.98 Å². The maximum absolute atomic E-state index is 12.4. The van der Waals surface area contributed by atoms with E-state index >= 15 is 0 Å². The highest BCUT2D eigenvalue weighted by Gasteiger charge is 2.25. The van der Waals surface area contributed by atoms with E-state index in [4.69, 9.17) is 4.98 Å². The molecule has 150 valence electrons. The minimum atomic E-state index is 0.0440. The molecule has 2 aliphatic rings. The summed E-state index contributed by atoms with van der Waals surface area (Å²) >= 11 is 0. The highest BCUT2D eigenvalue weighted by Crippen LogP contribution is 2.26. The first-order valence-electron chi connectivity index (χ1n) is 10.2. The van der Waals surface area contributed by atoms with E-state index in [9.17, 15) is 4.79 Å². The Balaban J connectivity index is 1.25. The Bertz CT molecular complexity index is 1020. The minimum absolute atomic E-state index is 0.0440. The van der Waals surface area contributed by atoms with Crippen LogP contribution in [0.3, 0.4) is 0 Å². The standard InChI is InChI=1S/C21H25N7O/c1-27-10-11-28-17(20(27)29)12-14-13-23-21(26-19(14)28)25-16-7-5-15(6-8-16)24-18-4-2-3-9-22-18/h2-4,9,12-13,15-16H,5-8,10-11H2,1H3,(H,22,24)(H,23,25,26). The monoisotopic (exact) mass is 391 g/mol. The van der Waals surface area contributed by atoms with Gasteiger partial charge in [-0.3, -0.25) is 4.79 Å². The van der Waals surface area contributed by atoms with Crippen molar-refractivity contribution in [1.82, 2.24) is 24.4 Å². The molecule has 1 amide bonds. The lowest BCUT2D eigenvalue weighted by atomic mass is 9.91. The summed E-state index contributed by atoms with van der Waals surface area (Å²) in [5.41, 5.74) is 1.53. The van der Waals surface area contributed by atoms with E-state index in [1.807, 2.05) is 48.3 Å². The molecule has 8 heteroatoms. The van der Waals surface area contributed by atoms with Gasteiger partial charge in [0.05, 0.1) is 0 Å². The van der Waals surface area contributed by atoms with Crippen LogP contribution in [-0.4, -0.2) is 56.0 Å². The maximum atomic E-state index is 12.4. The number of fused-ring (bicyclic) bond motifs is 3. The fraction of sp³-hybridized carbons (Fsp3) is 0.429. The summed E-state index contributed by atoms with van der Waals surface area (Å²) in [6.45, 7) is 1.47. The van der Waals surface area contributed by atoms with E-state index in [1.165, 1.54) is 0 Å². The molecule has 0 aromatic carbocycles. The Kier molecular flexibility index (Phi) is 4.54. The number of likely N-dealkylation sites (N-methyl/N-ethyl adjacent to an activating group) is 1. The summed E-state index contributed by atoms with van der Waals surface area (Å²) in [5, 5.41) is 7.93. The predicted molar refractivity (Wildman–Crippen MR) is 112 cm³/mol. The molecule has 3 aromatic rings. The number of pyridine rings is 1. The van der Waals surface area contributed by atoms with E-state index in [1.54, 1.807) is 4.90 Å². The normalized spacial score (nSPS) is 21.8. The molecule has 2 N–H and O–H groups in total. The SMILES string of the molecule is CN1CCn2c(cc3cnc(NC4CCC(Nc5ccccn5)CC4)nc32)C1=O. The second-order valence-corrected chi connectivity index (χ2v) is 7.93. The molecule has 1 fully saturated rings. The third-order valence-electron chi connectivity index (χ3n) is 5.94. The van der Waals surface area contributed by atoms with Gasteiger partial charge >= 0.3 is 0 Å². The number of rotatable bonds is 4. The van der Waals surface area contributed by atoms with Crippen LogP contribution >= 0.6 is 0 Å². The maximum Gasteiger partial charge on any atom is 0.270 e. The number of nitrogens with zero attached hydrogens (tertiary/aromatic N) is 5. The lowest BCUT2D eigenvalue weighted by Crippen LogP contribution is -2.37. The van der Waals surface area contributed by atoms with Crippen molar-refractivity contribution < 1.29 is 4.79 Å². The molecule has 5 rings (SSSR count). The van der Waals surface area contributed by atoms with Crippen molar-refractivity contribution >= 4 is 28.7 Å². The number of nitrogens with one attached hydrogen (secondary N) is 2. The molecule has 8 nitrogen and oxygen atoms in total. The molecule has 3 aromatic heterocycles. The molecule has 0 atom stereocenters. The van der Waals surface area contributed by atoms with E-state index in [2.05, 4.69) is 20.6 Å². The number of amides is 1. The smallest absolute Gasteiger partial charge is 0.270 e. The highest BCUT2D eigenvalue weighted by atomic mass is 16.2.